The highest BCUT2D eigenvalue weighted by Crippen LogP contribution is 2.12. The van der Waals surface area contributed by atoms with Crippen molar-refractivity contribution in [1.82, 2.24) is 10.2 Å². The van der Waals surface area contributed by atoms with Gasteiger partial charge in [0.1, 0.15) is 6.26 Å². The second kappa shape index (κ2) is 2.73. The first-order valence-electron chi connectivity index (χ1n) is 3.62. The van der Waals surface area contributed by atoms with Crippen molar-refractivity contribution in [3.8, 4) is 0 Å². The van der Waals surface area contributed by atoms with E-state index in [0.717, 1.165) is 5.70 Å². The van der Waals surface area contributed by atoms with Crippen LogP contribution in [0.25, 0.3) is 0 Å². The quantitative estimate of drug-likeness (QED) is 0.559. The lowest BCUT2D eigenvalue weighted by molar-refractivity contribution is -0.122. The average Bonchev–Trinajstić information content (AvgIpc) is 2.29. The van der Waals surface area contributed by atoms with Crippen molar-refractivity contribution in [2.75, 3.05) is 6.54 Å². The Kier molecular flexibility index (Phi) is 1.59. The van der Waals surface area contributed by atoms with Gasteiger partial charge in [-0.3, -0.25) is 9.69 Å². The lowest BCUT2D eigenvalue weighted by Crippen LogP contribution is -2.32. The number of hydrogen-bond donors (Lipinski definition) is 1. The standard InChI is InChI=1S/C8H8N2O2/c11-8-1-4-12-6-7-5-9-2-3-10(7)8/h1-4,6,9H,5H2. The molecule has 0 saturated carbocycles. The molecule has 12 heavy (non-hydrogen) atoms. The lowest BCUT2D eigenvalue weighted by atomic mass is 10.3. The van der Waals surface area contributed by atoms with Gasteiger partial charge in [-0.1, -0.05) is 0 Å². The summed E-state index contributed by atoms with van der Waals surface area (Å²) in [5.41, 5.74) is 0.813. The van der Waals surface area contributed by atoms with Crippen LogP contribution in [0, 0.1) is 0 Å². The van der Waals surface area contributed by atoms with Gasteiger partial charge in [-0.25, -0.2) is 0 Å². The van der Waals surface area contributed by atoms with Crippen molar-refractivity contribution in [3.05, 3.63) is 36.7 Å². The molecule has 2 rings (SSSR count). The molecule has 0 aromatic heterocycles. The Morgan fingerprint density at radius 1 is 1.58 bits per heavy atom. The van der Waals surface area contributed by atoms with E-state index in [0.29, 0.717) is 6.54 Å². The summed E-state index contributed by atoms with van der Waals surface area (Å²) in [6.45, 7) is 0.615. The summed E-state index contributed by atoms with van der Waals surface area (Å²) in [5.74, 6) is -0.0866. The second-order valence-corrected chi connectivity index (χ2v) is 2.45. The molecule has 0 radical (unpaired) electrons. The molecule has 62 valence electrons. The molecule has 2 aliphatic rings. The van der Waals surface area contributed by atoms with Crippen LogP contribution in [0.15, 0.2) is 36.7 Å². The number of rotatable bonds is 0. The van der Waals surface area contributed by atoms with Gasteiger partial charge in [0.15, 0.2) is 0 Å². The van der Waals surface area contributed by atoms with E-state index in [9.17, 15) is 4.79 Å². The molecule has 0 fully saturated rings. The Balaban J connectivity index is 2.34. The van der Waals surface area contributed by atoms with E-state index in [1.807, 2.05) is 0 Å². The number of amides is 1. The molecule has 0 aliphatic carbocycles. The molecule has 1 amide bonds. The third-order valence-corrected chi connectivity index (χ3v) is 1.66. The molecule has 0 spiro atoms. The monoisotopic (exact) mass is 164 g/mol. The number of carbonyl (C=O) groups excluding carboxylic acids is 1. The van der Waals surface area contributed by atoms with Crippen molar-refractivity contribution in [2.45, 2.75) is 0 Å². The van der Waals surface area contributed by atoms with Gasteiger partial charge in [0.2, 0.25) is 0 Å². The van der Waals surface area contributed by atoms with E-state index >= 15 is 0 Å². The van der Waals surface area contributed by atoms with Crippen LogP contribution in [0.2, 0.25) is 0 Å². The topological polar surface area (TPSA) is 41.6 Å². The Bertz CT molecular complexity index is 291. The minimum absolute atomic E-state index is 0.0866. The summed E-state index contributed by atoms with van der Waals surface area (Å²) in [6.07, 6.45) is 7.73. The zero-order chi connectivity index (χ0) is 8.39. The average molecular weight is 164 g/mol. The number of ether oxygens (including phenoxy) is 1. The number of fused-ring (bicyclic) bond motifs is 1. The van der Waals surface area contributed by atoms with Crippen LogP contribution < -0.4 is 5.32 Å². The SMILES string of the molecule is O=C1C=COC=C2CNC=CN12. The van der Waals surface area contributed by atoms with Gasteiger partial charge in [0.25, 0.3) is 5.91 Å². The molecule has 0 unspecified atom stereocenters. The van der Waals surface area contributed by atoms with Crippen molar-refractivity contribution < 1.29 is 9.53 Å². The maximum absolute atomic E-state index is 11.3. The van der Waals surface area contributed by atoms with Gasteiger partial charge in [0, 0.05) is 18.5 Å². The Hall–Kier alpha value is -1.71. The van der Waals surface area contributed by atoms with E-state index in [1.165, 1.54) is 12.3 Å². The zero-order valence-electron chi connectivity index (χ0n) is 6.36. The van der Waals surface area contributed by atoms with E-state index in [4.69, 9.17) is 4.74 Å². The third kappa shape index (κ3) is 1.07. The molecule has 0 bridgehead atoms. The van der Waals surface area contributed by atoms with Crippen LogP contribution in [0.4, 0.5) is 0 Å². The van der Waals surface area contributed by atoms with E-state index < -0.39 is 0 Å². The highest BCUT2D eigenvalue weighted by atomic mass is 16.5. The van der Waals surface area contributed by atoms with Gasteiger partial charge in [-0.05, 0) is 0 Å². The van der Waals surface area contributed by atoms with Crippen molar-refractivity contribution in [2.24, 2.45) is 0 Å². The Morgan fingerprint density at radius 2 is 2.50 bits per heavy atom. The van der Waals surface area contributed by atoms with Crippen LogP contribution >= 0.6 is 0 Å². The summed E-state index contributed by atoms with van der Waals surface area (Å²) in [6, 6.07) is 0. The fourth-order valence-corrected chi connectivity index (χ4v) is 1.08. The Labute approximate surface area is 69.8 Å². The molecule has 0 atom stereocenters. The summed E-state index contributed by atoms with van der Waals surface area (Å²) < 4.78 is 4.96. The summed E-state index contributed by atoms with van der Waals surface area (Å²) in [7, 11) is 0. The normalized spacial score (nSPS) is 20.5. The number of hydrogen-bond acceptors (Lipinski definition) is 3. The lowest BCUT2D eigenvalue weighted by Gasteiger charge is -2.22. The van der Waals surface area contributed by atoms with Crippen LogP contribution in [0.1, 0.15) is 0 Å². The first kappa shape index (κ1) is 6.97. The largest absolute Gasteiger partial charge is 0.471 e. The van der Waals surface area contributed by atoms with Gasteiger partial charge in [-0.15, -0.1) is 0 Å². The molecular formula is C8H8N2O2. The van der Waals surface area contributed by atoms with Crippen LogP contribution in [-0.2, 0) is 9.53 Å². The van der Waals surface area contributed by atoms with Crippen molar-refractivity contribution >= 4 is 5.91 Å². The minimum Gasteiger partial charge on any atom is -0.471 e. The first-order valence-corrected chi connectivity index (χ1v) is 3.62. The predicted octanol–water partition coefficient (Wildman–Crippen LogP) is 0.275. The maximum atomic E-state index is 11.3. The highest BCUT2D eigenvalue weighted by molar-refractivity contribution is 5.90. The van der Waals surface area contributed by atoms with Gasteiger partial charge < -0.3 is 10.1 Å². The van der Waals surface area contributed by atoms with Crippen LogP contribution in [0.3, 0.4) is 0 Å². The molecule has 4 heteroatoms. The predicted molar refractivity (Wildman–Crippen MR) is 42.3 cm³/mol. The van der Waals surface area contributed by atoms with Gasteiger partial charge in [0.05, 0.1) is 18.5 Å². The smallest absolute Gasteiger partial charge is 0.258 e. The zero-order valence-corrected chi connectivity index (χ0v) is 6.36. The van der Waals surface area contributed by atoms with Crippen LogP contribution in [0.5, 0.6) is 0 Å². The summed E-state index contributed by atoms with van der Waals surface area (Å²) in [5, 5.41) is 2.98. The molecule has 0 aromatic carbocycles. The van der Waals surface area contributed by atoms with Gasteiger partial charge in [-0.2, -0.15) is 0 Å². The van der Waals surface area contributed by atoms with E-state index in [1.54, 1.807) is 23.6 Å². The van der Waals surface area contributed by atoms with Crippen LogP contribution in [-0.4, -0.2) is 17.4 Å². The Morgan fingerprint density at radius 3 is 3.42 bits per heavy atom. The molecule has 2 heterocycles. The number of nitrogens with one attached hydrogen (secondary N) is 1. The number of nitrogens with zero attached hydrogens (tertiary/aromatic N) is 1. The van der Waals surface area contributed by atoms with E-state index in [-0.39, 0.29) is 5.91 Å². The molecule has 0 aromatic rings. The van der Waals surface area contributed by atoms with Crippen molar-refractivity contribution in [3.63, 3.8) is 0 Å². The first-order chi connectivity index (χ1) is 5.88. The highest BCUT2D eigenvalue weighted by Gasteiger charge is 2.17. The molecular weight excluding hydrogens is 156 g/mol. The third-order valence-electron chi connectivity index (χ3n) is 1.66. The second-order valence-electron chi connectivity index (χ2n) is 2.45. The fourth-order valence-electron chi connectivity index (χ4n) is 1.08. The van der Waals surface area contributed by atoms with Gasteiger partial charge >= 0.3 is 0 Å². The molecule has 0 saturated heterocycles. The van der Waals surface area contributed by atoms with E-state index in [2.05, 4.69) is 5.32 Å². The minimum atomic E-state index is -0.0866. The molecule has 2 aliphatic heterocycles. The fraction of sp³-hybridized carbons (Fsp3) is 0.125. The number of carbonyl (C=O) groups is 1. The van der Waals surface area contributed by atoms with Crippen molar-refractivity contribution in [1.29, 1.82) is 0 Å². The summed E-state index contributed by atoms with van der Waals surface area (Å²) >= 11 is 0. The molecule has 1 N–H and O–H groups in total. The molecule has 4 nitrogen and oxygen atoms in total. The maximum Gasteiger partial charge on any atom is 0.258 e. The summed E-state index contributed by atoms with van der Waals surface area (Å²) in [4.78, 5) is 12.8.